The number of rotatable bonds is 3. The number of hydrogen-bond donors (Lipinski definition) is 0. The van der Waals surface area contributed by atoms with Crippen molar-refractivity contribution in [2.45, 2.75) is 13.3 Å². The average Bonchev–Trinajstić information content (AvgIpc) is 2.39. The first-order valence-corrected chi connectivity index (χ1v) is 5.93. The zero-order valence-corrected chi connectivity index (χ0v) is 10.9. The molecule has 0 unspecified atom stereocenters. The summed E-state index contributed by atoms with van der Waals surface area (Å²) >= 11 is 0. The lowest BCUT2D eigenvalue weighted by atomic mass is 10.0. The standard InChI is InChI=1S/C15H10F4O2/c1-9-5-6-11(8-13(9)16)14(20)10-3-2-4-12(7-10)21-15(17,18)19/h2-8H,1H3. The second kappa shape index (κ2) is 5.55. The maximum absolute atomic E-state index is 13.4. The van der Waals surface area contributed by atoms with Crippen LogP contribution in [0, 0.1) is 12.7 Å². The van der Waals surface area contributed by atoms with E-state index in [2.05, 4.69) is 4.74 Å². The van der Waals surface area contributed by atoms with Crippen LogP contribution in [-0.2, 0) is 0 Å². The lowest BCUT2D eigenvalue weighted by molar-refractivity contribution is -0.274. The Labute approximate surface area is 118 Å². The second-order valence-electron chi connectivity index (χ2n) is 4.37. The van der Waals surface area contributed by atoms with Gasteiger partial charge in [-0.2, -0.15) is 0 Å². The molecule has 0 aromatic heterocycles. The quantitative estimate of drug-likeness (QED) is 0.625. The molecule has 0 aliphatic rings. The number of aryl methyl sites for hydroxylation is 1. The molecule has 0 bridgehead atoms. The van der Waals surface area contributed by atoms with Gasteiger partial charge >= 0.3 is 6.36 Å². The highest BCUT2D eigenvalue weighted by Crippen LogP contribution is 2.24. The number of ether oxygens (including phenoxy) is 1. The van der Waals surface area contributed by atoms with Gasteiger partial charge in [0.15, 0.2) is 5.78 Å². The van der Waals surface area contributed by atoms with Crippen molar-refractivity contribution in [3.8, 4) is 5.75 Å². The van der Waals surface area contributed by atoms with Crippen LogP contribution >= 0.6 is 0 Å². The molecule has 0 amide bonds. The van der Waals surface area contributed by atoms with E-state index >= 15 is 0 Å². The van der Waals surface area contributed by atoms with Gasteiger partial charge in [0, 0.05) is 11.1 Å². The monoisotopic (exact) mass is 298 g/mol. The maximum Gasteiger partial charge on any atom is 0.573 e. The number of carbonyl (C=O) groups excluding carboxylic acids is 1. The normalized spacial score (nSPS) is 11.3. The van der Waals surface area contributed by atoms with Crippen LogP contribution in [0.3, 0.4) is 0 Å². The van der Waals surface area contributed by atoms with Gasteiger partial charge in [-0.3, -0.25) is 4.79 Å². The second-order valence-corrected chi connectivity index (χ2v) is 4.37. The van der Waals surface area contributed by atoms with E-state index in [-0.39, 0.29) is 11.1 Å². The van der Waals surface area contributed by atoms with Crippen LogP contribution in [0.5, 0.6) is 5.75 Å². The number of ketones is 1. The summed E-state index contributed by atoms with van der Waals surface area (Å²) in [4.78, 5) is 12.1. The molecule has 0 atom stereocenters. The Balaban J connectivity index is 2.31. The molecular formula is C15H10F4O2. The predicted octanol–water partition coefficient (Wildman–Crippen LogP) is 4.26. The smallest absolute Gasteiger partial charge is 0.406 e. The van der Waals surface area contributed by atoms with Crippen LogP contribution < -0.4 is 4.74 Å². The molecule has 0 saturated heterocycles. The molecule has 2 aromatic carbocycles. The van der Waals surface area contributed by atoms with Crippen molar-refractivity contribution in [1.29, 1.82) is 0 Å². The Kier molecular flexibility index (Phi) is 3.97. The minimum atomic E-state index is -4.84. The first kappa shape index (κ1) is 15.0. The molecule has 0 heterocycles. The van der Waals surface area contributed by atoms with Crippen LogP contribution in [0.15, 0.2) is 42.5 Å². The fourth-order valence-corrected chi connectivity index (χ4v) is 1.74. The molecule has 2 aromatic rings. The van der Waals surface area contributed by atoms with Gasteiger partial charge in [0.25, 0.3) is 0 Å². The van der Waals surface area contributed by atoms with Crippen molar-refractivity contribution in [2.75, 3.05) is 0 Å². The third-order valence-corrected chi connectivity index (χ3v) is 2.76. The van der Waals surface area contributed by atoms with E-state index in [9.17, 15) is 22.4 Å². The minimum Gasteiger partial charge on any atom is -0.406 e. The van der Waals surface area contributed by atoms with Gasteiger partial charge in [0.05, 0.1) is 0 Å². The fourth-order valence-electron chi connectivity index (χ4n) is 1.74. The fraction of sp³-hybridized carbons (Fsp3) is 0.133. The van der Waals surface area contributed by atoms with E-state index in [1.54, 1.807) is 6.92 Å². The highest BCUT2D eigenvalue weighted by molar-refractivity contribution is 6.09. The van der Waals surface area contributed by atoms with Crippen molar-refractivity contribution < 1.29 is 27.1 Å². The topological polar surface area (TPSA) is 26.3 Å². The van der Waals surface area contributed by atoms with Crippen molar-refractivity contribution in [2.24, 2.45) is 0 Å². The number of carbonyl (C=O) groups is 1. The van der Waals surface area contributed by atoms with E-state index in [1.807, 2.05) is 0 Å². The van der Waals surface area contributed by atoms with Crippen molar-refractivity contribution in [3.63, 3.8) is 0 Å². The zero-order valence-electron chi connectivity index (χ0n) is 10.9. The molecule has 0 aliphatic carbocycles. The summed E-state index contributed by atoms with van der Waals surface area (Å²) in [5.74, 6) is -1.63. The largest absolute Gasteiger partial charge is 0.573 e. The molecule has 2 nitrogen and oxygen atoms in total. The third-order valence-electron chi connectivity index (χ3n) is 2.76. The van der Waals surface area contributed by atoms with E-state index in [0.717, 1.165) is 18.2 Å². The highest BCUT2D eigenvalue weighted by Gasteiger charge is 2.31. The first-order valence-electron chi connectivity index (χ1n) is 5.93. The summed E-state index contributed by atoms with van der Waals surface area (Å²) in [5, 5.41) is 0. The zero-order chi connectivity index (χ0) is 15.6. The Morgan fingerprint density at radius 3 is 2.33 bits per heavy atom. The van der Waals surface area contributed by atoms with E-state index in [4.69, 9.17) is 0 Å². The summed E-state index contributed by atoms with van der Waals surface area (Å²) in [6.07, 6.45) is -4.84. The van der Waals surface area contributed by atoms with Gasteiger partial charge < -0.3 is 4.74 Å². The van der Waals surface area contributed by atoms with Crippen LogP contribution in [0.2, 0.25) is 0 Å². The number of hydrogen-bond acceptors (Lipinski definition) is 2. The van der Waals surface area contributed by atoms with Crippen molar-refractivity contribution >= 4 is 5.78 Å². The van der Waals surface area contributed by atoms with Crippen LogP contribution in [-0.4, -0.2) is 12.1 Å². The van der Waals surface area contributed by atoms with Gasteiger partial charge in [-0.1, -0.05) is 24.3 Å². The summed E-state index contributed by atoms with van der Waals surface area (Å²) in [5.41, 5.74) is 0.419. The van der Waals surface area contributed by atoms with Crippen LogP contribution in [0.4, 0.5) is 17.6 Å². The average molecular weight is 298 g/mol. The predicted molar refractivity (Wildman–Crippen MR) is 67.7 cm³/mol. The van der Waals surface area contributed by atoms with Gasteiger partial charge in [-0.15, -0.1) is 13.2 Å². The number of alkyl halides is 3. The first-order chi connectivity index (χ1) is 9.76. The molecule has 0 aliphatic heterocycles. The third kappa shape index (κ3) is 3.81. The Morgan fingerprint density at radius 2 is 1.71 bits per heavy atom. The Hall–Kier alpha value is -2.37. The molecule has 21 heavy (non-hydrogen) atoms. The van der Waals surface area contributed by atoms with Crippen molar-refractivity contribution in [1.82, 2.24) is 0 Å². The number of benzene rings is 2. The van der Waals surface area contributed by atoms with E-state index in [0.29, 0.717) is 5.56 Å². The van der Waals surface area contributed by atoms with E-state index < -0.39 is 23.7 Å². The molecule has 2 rings (SSSR count). The van der Waals surface area contributed by atoms with Crippen LogP contribution in [0.1, 0.15) is 21.5 Å². The lowest BCUT2D eigenvalue weighted by Crippen LogP contribution is -2.17. The maximum atomic E-state index is 13.4. The Bertz CT molecular complexity index is 678. The SMILES string of the molecule is Cc1ccc(C(=O)c2cccc(OC(F)(F)F)c2)cc1F. The van der Waals surface area contributed by atoms with E-state index in [1.165, 1.54) is 24.3 Å². The summed E-state index contributed by atoms with van der Waals surface area (Å²) in [6.45, 7) is 1.54. The molecule has 0 radical (unpaired) electrons. The van der Waals surface area contributed by atoms with Gasteiger partial charge in [-0.05, 0) is 30.7 Å². The Morgan fingerprint density at radius 1 is 1.05 bits per heavy atom. The molecule has 0 fully saturated rings. The summed E-state index contributed by atoms with van der Waals surface area (Å²) in [6, 6.07) is 8.54. The van der Waals surface area contributed by atoms with Gasteiger partial charge in [0.1, 0.15) is 11.6 Å². The number of halogens is 4. The molecule has 0 N–H and O–H groups in total. The van der Waals surface area contributed by atoms with Gasteiger partial charge in [0.2, 0.25) is 0 Å². The molecule has 0 saturated carbocycles. The van der Waals surface area contributed by atoms with Crippen molar-refractivity contribution in [3.05, 3.63) is 65.0 Å². The molecule has 0 spiro atoms. The molecule has 6 heteroatoms. The lowest BCUT2D eigenvalue weighted by Gasteiger charge is -2.10. The molecular weight excluding hydrogens is 288 g/mol. The van der Waals surface area contributed by atoms with Crippen LogP contribution in [0.25, 0.3) is 0 Å². The molecule has 110 valence electrons. The summed E-state index contributed by atoms with van der Waals surface area (Å²) in [7, 11) is 0. The van der Waals surface area contributed by atoms with Gasteiger partial charge in [-0.25, -0.2) is 4.39 Å². The minimum absolute atomic E-state index is 0.0139. The summed E-state index contributed by atoms with van der Waals surface area (Å²) < 4.78 is 53.6. The highest BCUT2D eigenvalue weighted by atomic mass is 19.4.